The van der Waals surface area contributed by atoms with Gasteiger partial charge in [0.05, 0.1) is 19.0 Å². The lowest BCUT2D eigenvalue weighted by molar-refractivity contribution is -0.0300. The zero-order valence-electron chi connectivity index (χ0n) is 13.4. The van der Waals surface area contributed by atoms with Gasteiger partial charge in [0.15, 0.2) is 23.2 Å². The molecule has 0 aromatic carbocycles. The summed E-state index contributed by atoms with van der Waals surface area (Å²) in [5.74, 6) is 0.759. The Kier molecular flexibility index (Phi) is 3.78. The van der Waals surface area contributed by atoms with Crippen LogP contribution in [0.25, 0.3) is 11.2 Å². The molecule has 3 heterocycles. The van der Waals surface area contributed by atoms with E-state index in [4.69, 9.17) is 15.2 Å². The highest BCUT2D eigenvalue weighted by Crippen LogP contribution is 2.32. The summed E-state index contributed by atoms with van der Waals surface area (Å²) in [5, 5.41) is 20.1. The van der Waals surface area contributed by atoms with E-state index < -0.39 is 24.5 Å². The minimum atomic E-state index is -1.08. The lowest BCUT2D eigenvalue weighted by Crippen LogP contribution is -2.30. The van der Waals surface area contributed by atoms with E-state index in [0.717, 1.165) is 12.8 Å². The van der Waals surface area contributed by atoms with Crippen LogP contribution in [0, 0.1) is 5.92 Å². The van der Waals surface area contributed by atoms with Crippen molar-refractivity contribution in [3.05, 3.63) is 6.33 Å². The van der Waals surface area contributed by atoms with Crippen LogP contribution in [0.3, 0.4) is 0 Å². The van der Waals surface area contributed by atoms with Gasteiger partial charge in [-0.05, 0) is 25.7 Å². The number of ether oxygens (including phenoxy) is 2. The Morgan fingerprint density at radius 2 is 2.12 bits per heavy atom. The monoisotopic (exact) mass is 335 g/mol. The Morgan fingerprint density at radius 1 is 1.33 bits per heavy atom. The van der Waals surface area contributed by atoms with E-state index in [1.54, 1.807) is 11.5 Å². The van der Waals surface area contributed by atoms with Crippen LogP contribution < -0.4 is 10.5 Å². The van der Waals surface area contributed by atoms with Gasteiger partial charge < -0.3 is 25.4 Å². The number of nitrogens with two attached hydrogens (primary N) is 1. The smallest absolute Gasteiger partial charge is 0.320 e. The molecule has 1 saturated carbocycles. The quantitative estimate of drug-likeness (QED) is 0.724. The first-order valence-corrected chi connectivity index (χ1v) is 8.19. The van der Waals surface area contributed by atoms with Crippen LogP contribution in [0.15, 0.2) is 6.33 Å². The second-order valence-corrected chi connectivity index (χ2v) is 6.54. The molecule has 4 N–H and O–H groups in total. The predicted octanol–water partition coefficient (Wildman–Crippen LogP) is 0.227. The fraction of sp³-hybridized carbons (Fsp3) is 0.667. The molecule has 4 atom stereocenters. The summed E-state index contributed by atoms with van der Waals surface area (Å²) >= 11 is 0. The molecule has 0 amide bonds. The van der Waals surface area contributed by atoms with Crippen LogP contribution in [0.5, 0.6) is 6.01 Å². The molecule has 2 fully saturated rings. The second-order valence-electron chi connectivity index (χ2n) is 6.54. The molecule has 0 unspecified atom stereocenters. The first kappa shape index (κ1) is 15.6. The standard InChI is InChI=1S/C15H21N5O4/c1-7-10(21)11(22)14(24-7)20-6-17-9-12(16)18-15(19-13(9)20)23-5-8-3-2-4-8/h6-8,10-11,14,21-22H,2-5H2,1H3,(H2,16,18,19)/t7-,10-,11-,14-/m1/s1. The molecule has 1 aliphatic heterocycles. The van der Waals surface area contributed by atoms with Crippen molar-refractivity contribution >= 4 is 17.0 Å². The molecule has 9 heteroatoms. The van der Waals surface area contributed by atoms with Crippen molar-refractivity contribution in [1.82, 2.24) is 19.5 Å². The molecule has 0 spiro atoms. The van der Waals surface area contributed by atoms with Gasteiger partial charge in [0.1, 0.15) is 12.2 Å². The Balaban J connectivity index is 1.65. The van der Waals surface area contributed by atoms with Crippen LogP contribution in [0.4, 0.5) is 5.82 Å². The van der Waals surface area contributed by atoms with E-state index in [2.05, 4.69) is 15.0 Å². The van der Waals surface area contributed by atoms with Crippen molar-refractivity contribution in [1.29, 1.82) is 0 Å². The molecule has 0 bridgehead atoms. The highest BCUT2D eigenvalue weighted by atomic mass is 16.6. The van der Waals surface area contributed by atoms with E-state index in [9.17, 15) is 10.2 Å². The van der Waals surface area contributed by atoms with Crippen molar-refractivity contribution in [2.24, 2.45) is 5.92 Å². The molecule has 9 nitrogen and oxygen atoms in total. The third kappa shape index (κ3) is 2.48. The summed E-state index contributed by atoms with van der Waals surface area (Å²) in [6.45, 7) is 2.26. The average Bonchev–Trinajstić information content (AvgIpc) is 3.03. The van der Waals surface area contributed by atoms with E-state index in [1.165, 1.54) is 12.7 Å². The van der Waals surface area contributed by atoms with Gasteiger partial charge >= 0.3 is 6.01 Å². The molecule has 1 aliphatic carbocycles. The Bertz CT molecular complexity index is 747. The average molecular weight is 335 g/mol. The highest BCUT2D eigenvalue weighted by molar-refractivity contribution is 5.82. The van der Waals surface area contributed by atoms with Gasteiger partial charge in [-0.1, -0.05) is 6.42 Å². The Hall–Kier alpha value is -1.97. The first-order chi connectivity index (χ1) is 11.5. The first-order valence-electron chi connectivity index (χ1n) is 8.19. The molecule has 2 aromatic heterocycles. The number of nitrogen functional groups attached to an aromatic ring is 1. The number of anilines is 1. The Labute approximate surface area is 138 Å². The summed E-state index contributed by atoms with van der Waals surface area (Å²) in [5.41, 5.74) is 6.78. The number of rotatable bonds is 4. The van der Waals surface area contributed by atoms with Crippen molar-refractivity contribution in [3.63, 3.8) is 0 Å². The van der Waals surface area contributed by atoms with Gasteiger partial charge in [-0.3, -0.25) is 4.57 Å². The van der Waals surface area contributed by atoms with Crippen molar-refractivity contribution in [2.75, 3.05) is 12.3 Å². The molecule has 24 heavy (non-hydrogen) atoms. The van der Waals surface area contributed by atoms with Crippen molar-refractivity contribution < 1.29 is 19.7 Å². The molecule has 2 aromatic rings. The van der Waals surface area contributed by atoms with E-state index in [-0.39, 0.29) is 11.8 Å². The summed E-state index contributed by atoms with van der Waals surface area (Å²) in [6.07, 6.45) is 1.71. The zero-order chi connectivity index (χ0) is 16.8. The van der Waals surface area contributed by atoms with Gasteiger partial charge in [-0.2, -0.15) is 9.97 Å². The fourth-order valence-corrected chi connectivity index (χ4v) is 3.08. The van der Waals surface area contributed by atoms with Gasteiger partial charge in [0, 0.05) is 0 Å². The van der Waals surface area contributed by atoms with Crippen LogP contribution in [0.2, 0.25) is 0 Å². The van der Waals surface area contributed by atoms with Crippen LogP contribution in [0.1, 0.15) is 32.4 Å². The maximum absolute atomic E-state index is 10.2. The topological polar surface area (TPSA) is 129 Å². The second kappa shape index (κ2) is 5.83. The Morgan fingerprint density at radius 3 is 2.75 bits per heavy atom. The maximum Gasteiger partial charge on any atom is 0.320 e. The fourth-order valence-electron chi connectivity index (χ4n) is 3.08. The third-order valence-corrected chi connectivity index (χ3v) is 4.85. The van der Waals surface area contributed by atoms with Gasteiger partial charge in [0.2, 0.25) is 0 Å². The number of imidazole rings is 1. The van der Waals surface area contributed by atoms with Gasteiger partial charge in [0.25, 0.3) is 0 Å². The third-order valence-electron chi connectivity index (χ3n) is 4.85. The molecule has 4 rings (SSSR count). The van der Waals surface area contributed by atoms with Crippen LogP contribution >= 0.6 is 0 Å². The summed E-state index contributed by atoms with van der Waals surface area (Å²) in [4.78, 5) is 12.7. The molecule has 1 saturated heterocycles. The van der Waals surface area contributed by atoms with Gasteiger partial charge in [-0.25, -0.2) is 4.98 Å². The minimum absolute atomic E-state index is 0.190. The maximum atomic E-state index is 10.2. The van der Waals surface area contributed by atoms with Gasteiger partial charge in [-0.15, -0.1) is 0 Å². The van der Waals surface area contributed by atoms with Crippen LogP contribution in [-0.4, -0.2) is 54.7 Å². The molecule has 0 radical (unpaired) electrons. The normalized spacial score (nSPS) is 30.6. The number of nitrogens with zero attached hydrogens (tertiary/aromatic N) is 4. The molecular formula is C15H21N5O4. The number of aliphatic hydroxyl groups is 2. The van der Waals surface area contributed by atoms with E-state index >= 15 is 0 Å². The molecule has 2 aliphatic rings. The number of aliphatic hydroxyl groups excluding tert-OH is 2. The summed E-state index contributed by atoms with van der Waals surface area (Å²) in [6, 6.07) is 0.190. The van der Waals surface area contributed by atoms with E-state index in [0.29, 0.717) is 23.7 Å². The van der Waals surface area contributed by atoms with Crippen molar-refractivity contribution in [3.8, 4) is 6.01 Å². The largest absolute Gasteiger partial charge is 0.463 e. The van der Waals surface area contributed by atoms with Crippen molar-refractivity contribution in [2.45, 2.75) is 50.7 Å². The number of hydrogen-bond donors (Lipinski definition) is 3. The number of aromatic nitrogens is 4. The lowest BCUT2D eigenvalue weighted by Gasteiger charge is -2.24. The zero-order valence-corrected chi connectivity index (χ0v) is 13.4. The molecular weight excluding hydrogens is 314 g/mol. The summed E-state index contributed by atoms with van der Waals surface area (Å²) in [7, 11) is 0. The lowest BCUT2D eigenvalue weighted by atomic mass is 9.86. The number of fused-ring (bicyclic) bond motifs is 1. The summed E-state index contributed by atoms with van der Waals surface area (Å²) < 4.78 is 12.8. The van der Waals surface area contributed by atoms with Crippen LogP contribution in [-0.2, 0) is 4.74 Å². The SMILES string of the molecule is C[C@H]1O[C@@H](n2cnc3c(N)nc(OCC4CCC4)nc32)[C@H](O)[C@@H]1O. The highest BCUT2D eigenvalue weighted by Gasteiger charge is 2.42. The molecule has 130 valence electrons. The predicted molar refractivity (Wildman–Crippen MR) is 84.2 cm³/mol. The van der Waals surface area contributed by atoms with E-state index in [1.807, 2.05) is 0 Å². The number of hydrogen-bond acceptors (Lipinski definition) is 8. The minimum Gasteiger partial charge on any atom is -0.463 e.